The number of ether oxygens (including phenoxy) is 1. The minimum absolute atomic E-state index is 0.0418. The molecule has 4 aromatic rings. The lowest BCUT2D eigenvalue weighted by atomic mass is 10.2. The standard InChI is InChI=1S/C27H27N3O4S/c1-20-7-6-10-24(19-20)35(31,32)26-27(34-25(28-26)21-8-4-3-5-9-21)30-17-15-29(16-18-30)22-11-13-23(33-2)14-12-22/h3-14,19H,15-18H2,1-2H3. The molecule has 2 heterocycles. The highest BCUT2D eigenvalue weighted by Crippen LogP contribution is 2.35. The van der Waals surface area contributed by atoms with Gasteiger partial charge < -0.3 is 19.0 Å². The first-order chi connectivity index (χ1) is 17.0. The number of aryl methyl sites for hydroxylation is 1. The third-order valence-electron chi connectivity index (χ3n) is 6.16. The summed E-state index contributed by atoms with van der Waals surface area (Å²) in [6.45, 7) is 4.52. The van der Waals surface area contributed by atoms with E-state index in [2.05, 4.69) is 9.88 Å². The summed E-state index contributed by atoms with van der Waals surface area (Å²) in [7, 11) is -2.23. The van der Waals surface area contributed by atoms with Crippen LogP contribution in [0, 0.1) is 6.92 Å². The highest BCUT2D eigenvalue weighted by Gasteiger charge is 2.33. The maximum absolute atomic E-state index is 13.7. The average Bonchev–Trinajstić information content (AvgIpc) is 3.36. The van der Waals surface area contributed by atoms with Gasteiger partial charge in [0.1, 0.15) is 5.75 Å². The topological polar surface area (TPSA) is 75.9 Å². The molecule has 1 aromatic heterocycles. The fourth-order valence-corrected chi connectivity index (χ4v) is 5.66. The van der Waals surface area contributed by atoms with Crippen LogP contribution in [-0.2, 0) is 9.84 Å². The SMILES string of the molecule is COc1ccc(N2CCN(c3oc(-c4ccccc4)nc3S(=O)(=O)c3cccc(C)c3)CC2)cc1. The van der Waals surface area contributed by atoms with Crippen LogP contribution in [0.1, 0.15) is 5.56 Å². The van der Waals surface area contributed by atoms with Crippen molar-refractivity contribution in [3.05, 3.63) is 84.4 Å². The molecule has 7 nitrogen and oxygen atoms in total. The summed E-state index contributed by atoms with van der Waals surface area (Å²) in [5.41, 5.74) is 2.70. The number of nitrogens with zero attached hydrogens (tertiary/aromatic N) is 3. The minimum atomic E-state index is -3.88. The van der Waals surface area contributed by atoms with Crippen molar-refractivity contribution in [3.63, 3.8) is 0 Å². The number of methoxy groups -OCH3 is 1. The number of piperazine rings is 1. The Morgan fingerprint density at radius 2 is 1.54 bits per heavy atom. The van der Waals surface area contributed by atoms with Crippen LogP contribution in [0.3, 0.4) is 0 Å². The van der Waals surface area contributed by atoms with Gasteiger partial charge in [-0.2, -0.15) is 4.98 Å². The van der Waals surface area contributed by atoms with Gasteiger partial charge in [-0.25, -0.2) is 8.42 Å². The van der Waals surface area contributed by atoms with Gasteiger partial charge >= 0.3 is 0 Å². The summed E-state index contributed by atoms with van der Waals surface area (Å²) in [5, 5.41) is -0.0418. The molecule has 0 amide bonds. The molecule has 8 heteroatoms. The number of anilines is 2. The van der Waals surface area contributed by atoms with Crippen LogP contribution in [-0.4, -0.2) is 46.7 Å². The Balaban J connectivity index is 1.48. The smallest absolute Gasteiger partial charge is 0.236 e. The molecule has 0 unspecified atom stereocenters. The second-order valence-corrected chi connectivity index (χ2v) is 10.4. The van der Waals surface area contributed by atoms with Gasteiger partial charge in [-0.05, 0) is 61.0 Å². The van der Waals surface area contributed by atoms with E-state index in [1.165, 1.54) is 0 Å². The van der Waals surface area contributed by atoms with Gasteiger partial charge in [-0.15, -0.1) is 0 Å². The van der Waals surface area contributed by atoms with E-state index in [1.807, 2.05) is 72.5 Å². The summed E-state index contributed by atoms with van der Waals surface area (Å²) < 4.78 is 38.7. The summed E-state index contributed by atoms with van der Waals surface area (Å²) in [5.74, 6) is 1.40. The molecule has 1 aliphatic heterocycles. The summed E-state index contributed by atoms with van der Waals surface area (Å²) in [4.78, 5) is 8.95. The predicted octanol–water partition coefficient (Wildman–Crippen LogP) is 4.82. The number of rotatable bonds is 6. The average molecular weight is 490 g/mol. The van der Waals surface area contributed by atoms with Crippen molar-refractivity contribution >= 4 is 21.4 Å². The van der Waals surface area contributed by atoms with Gasteiger partial charge in [0.25, 0.3) is 0 Å². The molecule has 1 fully saturated rings. The van der Waals surface area contributed by atoms with Gasteiger partial charge in [-0.1, -0.05) is 30.3 Å². The largest absolute Gasteiger partial charge is 0.497 e. The lowest BCUT2D eigenvalue weighted by molar-refractivity contribution is 0.415. The van der Waals surface area contributed by atoms with Gasteiger partial charge in [0, 0.05) is 37.4 Å². The molecule has 0 aliphatic carbocycles. The molecule has 0 atom stereocenters. The van der Waals surface area contributed by atoms with Crippen LogP contribution in [0.15, 0.2) is 93.2 Å². The second kappa shape index (κ2) is 9.46. The first kappa shape index (κ1) is 23.0. The molecule has 1 aliphatic rings. The van der Waals surface area contributed by atoms with E-state index in [-0.39, 0.29) is 9.92 Å². The number of hydrogen-bond acceptors (Lipinski definition) is 7. The van der Waals surface area contributed by atoms with Gasteiger partial charge in [-0.3, -0.25) is 0 Å². The van der Waals surface area contributed by atoms with E-state index in [0.29, 0.717) is 24.9 Å². The van der Waals surface area contributed by atoms with E-state index in [1.54, 1.807) is 25.3 Å². The molecular weight excluding hydrogens is 462 g/mol. The van der Waals surface area contributed by atoms with Crippen molar-refractivity contribution in [3.8, 4) is 17.2 Å². The lowest BCUT2D eigenvalue weighted by Gasteiger charge is -2.36. The molecule has 180 valence electrons. The van der Waals surface area contributed by atoms with Gasteiger partial charge in [0.2, 0.25) is 26.6 Å². The van der Waals surface area contributed by atoms with Crippen molar-refractivity contribution in [2.75, 3.05) is 43.1 Å². The molecule has 0 radical (unpaired) electrons. The third-order valence-corrected chi connectivity index (χ3v) is 7.81. The minimum Gasteiger partial charge on any atom is -0.497 e. The van der Waals surface area contributed by atoms with Crippen molar-refractivity contribution in [2.45, 2.75) is 16.8 Å². The molecule has 0 bridgehead atoms. The third kappa shape index (κ3) is 4.61. The quantitative estimate of drug-likeness (QED) is 0.384. The highest BCUT2D eigenvalue weighted by molar-refractivity contribution is 7.91. The van der Waals surface area contributed by atoms with Crippen molar-refractivity contribution in [1.82, 2.24) is 4.98 Å². The van der Waals surface area contributed by atoms with Gasteiger partial charge in [0.15, 0.2) is 0 Å². The van der Waals surface area contributed by atoms with Crippen LogP contribution in [0.5, 0.6) is 5.75 Å². The van der Waals surface area contributed by atoms with Crippen LogP contribution in [0.2, 0.25) is 0 Å². The normalized spacial score (nSPS) is 14.2. The zero-order valence-corrected chi connectivity index (χ0v) is 20.5. The zero-order valence-electron chi connectivity index (χ0n) is 19.7. The van der Waals surface area contributed by atoms with E-state index in [4.69, 9.17) is 9.15 Å². The Hall–Kier alpha value is -3.78. The van der Waals surface area contributed by atoms with Gasteiger partial charge in [0.05, 0.1) is 12.0 Å². The van der Waals surface area contributed by atoms with Crippen molar-refractivity contribution < 1.29 is 17.6 Å². The van der Waals surface area contributed by atoms with E-state index >= 15 is 0 Å². The molecule has 0 saturated carbocycles. The second-order valence-electron chi connectivity index (χ2n) is 8.49. The Kier molecular flexibility index (Phi) is 6.21. The molecule has 0 spiro atoms. The molecule has 5 rings (SSSR count). The van der Waals surface area contributed by atoms with Crippen molar-refractivity contribution in [1.29, 1.82) is 0 Å². The summed E-state index contributed by atoms with van der Waals surface area (Å²) in [6.07, 6.45) is 0. The van der Waals surface area contributed by atoms with E-state index < -0.39 is 9.84 Å². The molecule has 35 heavy (non-hydrogen) atoms. The fourth-order valence-electron chi connectivity index (χ4n) is 4.23. The molecule has 1 saturated heterocycles. The first-order valence-electron chi connectivity index (χ1n) is 11.5. The Labute approximate surface area is 205 Å². The van der Waals surface area contributed by atoms with Crippen LogP contribution in [0.4, 0.5) is 11.6 Å². The molecule has 0 N–H and O–H groups in total. The highest BCUT2D eigenvalue weighted by atomic mass is 32.2. The maximum atomic E-state index is 13.7. The van der Waals surface area contributed by atoms with E-state index in [0.717, 1.165) is 35.7 Å². The summed E-state index contributed by atoms with van der Waals surface area (Å²) >= 11 is 0. The lowest BCUT2D eigenvalue weighted by Crippen LogP contribution is -2.46. The fraction of sp³-hybridized carbons (Fsp3) is 0.222. The Bertz CT molecular complexity index is 1410. The van der Waals surface area contributed by atoms with Crippen molar-refractivity contribution in [2.24, 2.45) is 0 Å². The summed E-state index contributed by atoms with van der Waals surface area (Å²) in [6, 6.07) is 24.2. The maximum Gasteiger partial charge on any atom is 0.236 e. The number of hydrogen-bond donors (Lipinski definition) is 0. The van der Waals surface area contributed by atoms with Crippen LogP contribution >= 0.6 is 0 Å². The van der Waals surface area contributed by atoms with Crippen LogP contribution < -0.4 is 14.5 Å². The predicted molar refractivity (Wildman–Crippen MR) is 136 cm³/mol. The zero-order chi connectivity index (χ0) is 24.4. The first-order valence-corrected chi connectivity index (χ1v) is 13.0. The Morgan fingerprint density at radius 3 is 2.20 bits per heavy atom. The van der Waals surface area contributed by atoms with Crippen LogP contribution in [0.25, 0.3) is 11.5 Å². The molecular formula is C27H27N3O4S. The number of sulfone groups is 1. The monoisotopic (exact) mass is 489 g/mol. The van der Waals surface area contributed by atoms with E-state index in [9.17, 15) is 8.42 Å². The number of benzene rings is 3. The number of aromatic nitrogens is 1. The Morgan fingerprint density at radius 1 is 0.857 bits per heavy atom. The molecule has 3 aromatic carbocycles. The number of oxazole rings is 1.